The zero-order chi connectivity index (χ0) is 23.6. The second-order valence-electron chi connectivity index (χ2n) is 9.41. The highest BCUT2D eigenvalue weighted by molar-refractivity contribution is 5.68. The third kappa shape index (κ3) is 5.87. The van der Waals surface area contributed by atoms with Crippen molar-refractivity contribution in [3.05, 3.63) is 53.9 Å². The Morgan fingerprint density at radius 3 is 2.67 bits per heavy atom. The smallest absolute Gasteiger partial charge is 0.410 e. The molecule has 33 heavy (non-hydrogen) atoms. The van der Waals surface area contributed by atoms with Gasteiger partial charge in [0.1, 0.15) is 5.60 Å². The molecule has 1 aliphatic heterocycles. The molecule has 3 aromatic rings. The maximum Gasteiger partial charge on any atom is 0.410 e. The van der Waals surface area contributed by atoms with E-state index in [1.807, 2.05) is 61.9 Å². The molecule has 0 atom stereocenters. The van der Waals surface area contributed by atoms with Crippen molar-refractivity contribution in [2.75, 3.05) is 26.0 Å². The molecule has 0 radical (unpaired) electrons. The van der Waals surface area contributed by atoms with E-state index in [2.05, 4.69) is 32.3 Å². The number of carbonyl (C=O) groups is 1. The van der Waals surface area contributed by atoms with Crippen LogP contribution in [0.25, 0.3) is 11.3 Å². The Morgan fingerprint density at radius 2 is 1.94 bits per heavy atom. The minimum Gasteiger partial charge on any atom is -0.444 e. The first-order chi connectivity index (χ1) is 15.7. The van der Waals surface area contributed by atoms with Crippen LogP contribution in [-0.4, -0.2) is 61.9 Å². The van der Waals surface area contributed by atoms with Gasteiger partial charge in [0.15, 0.2) is 5.82 Å². The highest BCUT2D eigenvalue weighted by Gasteiger charge is 2.20. The highest BCUT2D eigenvalue weighted by Crippen LogP contribution is 2.22. The molecule has 1 N–H and O–H groups in total. The highest BCUT2D eigenvalue weighted by atomic mass is 16.6. The summed E-state index contributed by atoms with van der Waals surface area (Å²) in [5, 5.41) is 7.84. The predicted molar refractivity (Wildman–Crippen MR) is 127 cm³/mol. The first kappa shape index (κ1) is 22.7. The van der Waals surface area contributed by atoms with Gasteiger partial charge in [-0.2, -0.15) is 5.10 Å². The Bertz CT molecular complexity index is 1120. The molecule has 3 heterocycles. The van der Waals surface area contributed by atoms with Crippen molar-refractivity contribution < 1.29 is 9.53 Å². The van der Waals surface area contributed by atoms with Crippen molar-refractivity contribution >= 4 is 17.9 Å². The topological polar surface area (TPSA) is 88.4 Å². The molecule has 9 nitrogen and oxygen atoms in total. The summed E-state index contributed by atoms with van der Waals surface area (Å²) in [6, 6.07) is 11.9. The van der Waals surface area contributed by atoms with Crippen LogP contribution in [0, 0.1) is 0 Å². The zero-order valence-electron chi connectivity index (χ0n) is 19.9. The molecule has 0 spiro atoms. The van der Waals surface area contributed by atoms with Gasteiger partial charge in [0.25, 0.3) is 0 Å². The van der Waals surface area contributed by atoms with Crippen LogP contribution in [0.15, 0.2) is 42.6 Å². The molecule has 0 fully saturated rings. The number of anilines is 2. The van der Waals surface area contributed by atoms with E-state index < -0.39 is 5.60 Å². The Balaban J connectivity index is 1.42. The average molecular weight is 450 g/mol. The number of fused-ring (bicyclic) bond motifs is 1. The number of carbonyl (C=O) groups excluding carboxylic acids is 1. The molecule has 0 saturated carbocycles. The van der Waals surface area contributed by atoms with E-state index in [9.17, 15) is 4.79 Å². The monoisotopic (exact) mass is 449 g/mol. The van der Waals surface area contributed by atoms with Crippen LogP contribution in [0.4, 0.5) is 16.6 Å². The number of hydrogen-bond donors (Lipinski definition) is 1. The lowest BCUT2D eigenvalue weighted by atomic mass is 10.1. The quantitative estimate of drug-likeness (QED) is 0.632. The molecule has 9 heteroatoms. The number of amides is 1. The van der Waals surface area contributed by atoms with Crippen molar-refractivity contribution in [2.45, 2.75) is 46.0 Å². The predicted octanol–water partition coefficient (Wildman–Crippen LogP) is 3.90. The molecular formula is C24H31N7O2. The lowest BCUT2D eigenvalue weighted by Crippen LogP contribution is -2.33. The Labute approximate surface area is 194 Å². The molecule has 1 amide bonds. The minimum atomic E-state index is -0.514. The fourth-order valence-electron chi connectivity index (χ4n) is 3.61. The van der Waals surface area contributed by atoms with E-state index >= 15 is 0 Å². The zero-order valence-corrected chi connectivity index (χ0v) is 19.9. The number of nitrogens with one attached hydrogen (secondary N) is 1. The summed E-state index contributed by atoms with van der Waals surface area (Å²) < 4.78 is 7.44. The third-order valence-electron chi connectivity index (χ3n) is 5.26. The van der Waals surface area contributed by atoms with E-state index in [4.69, 9.17) is 4.74 Å². The van der Waals surface area contributed by atoms with Gasteiger partial charge in [0.2, 0.25) is 5.95 Å². The van der Waals surface area contributed by atoms with Crippen LogP contribution >= 0.6 is 0 Å². The van der Waals surface area contributed by atoms with Crippen molar-refractivity contribution in [1.29, 1.82) is 0 Å². The largest absolute Gasteiger partial charge is 0.444 e. The van der Waals surface area contributed by atoms with E-state index in [1.165, 1.54) is 5.69 Å². The van der Waals surface area contributed by atoms with Gasteiger partial charge < -0.3 is 15.0 Å². The molecule has 0 saturated heterocycles. The second-order valence-corrected chi connectivity index (χ2v) is 9.41. The maximum atomic E-state index is 12.2. The molecule has 1 aliphatic rings. The first-order valence-corrected chi connectivity index (χ1v) is 11.0. The number of benzene rings is 1. The Kier molecular flexibility index (Phi) is 6.33. The van der Waals surface area contributed by atoms with Gasteiger partial charge in [-0.1, -0.05) is 24.3 Å². The molecule has 0 unspecified atom stereocenters. The van der Waals surface area contributed by atoms with Gasteiger partial charge in [-0.3, -0.25) is 9.58 Å². The normalized spacial score (nSPS) is 14.0. The molecule has 2 aromatic heterocycles. The second kappa shape index (κ2) is 9.19. The van der Waals surface area contributed by atoms with E-state index in [0.29, 0.717) is 12.5 Å². The lowest BCUT2D eigenvalue weighted by molar-refractivity contribution is 0.0285. The molecule has 1 aromatic carbocycles. The maximum absolute atomic E-state index is 12.2. The van der Waals surface area contributed by atoms with Crippen LogP contribution in [-0.2, 0) is 24.4 Å². The summed E-state index contributed by atoms with van der Waals surface area (Å²) in [5.74, 6) is 1.25. The SMILES string of the molecule is CN1CCn2nc(Nc3nccc(-c4ccc(CN(C)C(=O)OC(C)(C)C)cc4)n3)cc2C1. The number of aromatic nitrogens is 4. The average Bonchev–Trinajstić information content (AvgIpc) is 3.14. The van der Waals surface area contributed by atoms with Crippen LogP contribution in [0.3, 0.4) is 0 Å². The van der Waals surface area contributed by atoms with Crippen LogP contribution in [0.5, 0.6) is 0 Å². The molecule has 174 valence electrons. The summed E-state index contributed by atoms with van der Waals surface area (Å²) in [6.07, 6.45) is 1.39. The number of likely N-dealkylation sites (N-methyl/N-ethyl adjacent to an activating group) is 1. The van der Waals surface area contributed by atoms with Crippen molar-refractivity contribution in [2.24, 2.45) is 0 Å². The number of ether oxygens (including phenoxy) is 1. The molecular weight excluding hydrogens is 418 g/mol. The summed E-state index contributed by atoms with van der Waals surface area (Å²) in [6.45, 7) is 8.79. The molecule has 0 bridgehead atoms. The summed E-state index contributed by atoms with van der Waals surface area (Å²) in [5.41, 5.74) is 3.45. The van der Waals surface area contributed by atoms with Gasteiger partial charge in [-0.15, -0.1) is 0 Å². The molecule has 4 rings (SSSR count). The van der Waals surface area contributed by atoms with Crippen molar-refractivity contribution in [3.63, 3.8) is 0 Å². The lowest BCUT2D eigenvalue weighted by Gasteiger charge is -2.24. The van der Waals surface area contributed by atoms with Crippen LogP contribution < -0.4 is 5.32 Å². The van der Waals surface area contributed by atoms with Gasteiger partial charge in [0.05, 0.1) is 17.9 Å². The fourth-order valence-corrected chi connectivity index (χ4v) is 3.61. The third-order valence-corrected chi connectivity index (χ3v) is 5.26. The Morgan fingerprint density at radius 1 is 1.18 bits per heavy atom. The van der Waals surface area contributed by atoms with Gasteiger partial charge >= 0.3 is 6.09 Å². The van der Waals surface area contributed by atoms with E-state index in [0.717, 1.165) is 42.3 Å². The van der Waals surface area contributed by atoms with Gasteiger partial charge in [-0.05, 0) is 39.4 Å². The molecule has 0 aliphatic carbocycles. The van der Waals surface area contributed by atoms with Crippen molar-refractivity contribution in [1.82, 2.24) is 29.5 Å². The standard InChI is InChI=1S/C24H31N7O2/c1-24(2,3)33-23(32)30(5)15-17-6-8-18(9-7-17)20-10-11-25-22(26-20)27-21-14-19-16-29(4)12-13-31(19)28-21/h6-11,14H,12-13,15-16H2,1-5H3,(H,25,26,27,28). The summed E-state index contributed by atoms with van der Waals surface area (Å²) in [4.78, 5) is 25.0. The van der Waals surface area contributed by atoms with E-state index in [1.54, 1.807) is 18.1 Å². The van der Waals surface area contributed by atoms with Gasteiger partial charge in [-0.25, -0.2) is 14.8 Å². The van der Waals surface area contributed by atoms with E-state index in [-0.39, 0.29) is 6.09 Å². The van der Waals surface area contributed by atoms with Crippen LogP contribution in [0.2, 0.25) is 0 Å². The minimum absolute atomic E-state index is 0.342. The van der Waals surface area contributed by atoms with Gasteiger partial charge in [0, 0.05) is 44.5 Å². The number of nitrogens with zero attached hydrogens (tertiary/aromatic N) is 6. The van der Waals surface area contributed by atoms with Crippen molar-refractivity contribution in [3.8, 4) is 11.3 Å². The first-order valence-electron chi connectivity index (χ1n) is 11.0. The number of hydrogen-bond acceptors (Lipinski definition) is 7. The number of rotatable bonds is 5. The summed E-state index contributed by atoms with van der Waals surface area (Å²) >= 11 is 0. The summed E-state index contributed by atoms with van der Waals surface area (Å²) in [7, 11) is 3.84. The van der Waals surface area contributed by atoms with Crippen LogP contribution in [0.1, 0.15) is 32.0 Å². The Hall–Kier alpha value is -3.46. The fraction of sp³-hybridized carbons (Fsp3) is 0.417.